The molecule has 0 spiro atoms. The van der Waals surface area contributed by atoms with Crippen molar-refractivity contribution in [2.45, 2.75) is 31.2 Å². The van der Waals surface area contributed by atoms with E-state index in [1.807, 2.05) is 11.7 Å². The zero-order chi connectivity index (χ0) is 10.5. The van der Waals surface area contributed by atoms with Crippen LogP contribution < -0.4 is 5.32 Å². The van der Waals surface area contributed by atoms with E-state index in [1.54, 1.807) is 0 Å². The van der Waals surface area contributed by atoms with Crippen LogP contribution in [-0.4, -0.2) is 21.5 Å². The summed E-state index contributed by atoms with van der Waals surface area (Å²) in [6, 6.07) is 0. The summed E-state index contributed by atoms with van der Waals surface area (Å²) in [5.74, 6) is 0.786. The number of nitrogens with one attached hydrogen (secondary N) is 1. The van der Waals surface area contributed by atoms with Gasteiger partial charge >= 0.3 is 0 Å². The molecular formula is C10H15BrN4. The molecule has 1 atom stereocenters. The first-order chi connectivity index (χ1) is 7.24. The molecule has 1 aromatic heterocycles. The molecule has 82 valence electrons. The number of hydrogen-bond donors (Lipinski definition) is 1. The molecule has 4 nitrogen and oxygen atoms in total. The van der Waals surface area contributed by atoms with Gasteiger partial charge in [-0.3, -0.25) is 0 Å². The summed E-state index contributed by atoms with van der Waals surface area (Å²) < 4.78 is 2.83. The largest absolute Gasteiger partial charge is 0.306 e. The molecule has 5 heteroatoms. The molecule has 15 heavy (non-hydrogen) atoms. The van der Waals surface area contributed by atoms with E-state index in [0.29, 0.717) is 0 Å². The Morgan fingerprint density at radius 1 is 1.53 bits per heavy atom. The number of aromatic nitrogens is 3. The quantitative estimate of drug-likeness (QED) is 0.887. The fourth-order valence-corrected chi connectivity index (χ4v) is 3.57. The highest BCUT2D eigenvalue weighted by molar-refractivity contribution is 9.10. The molecule has 0 radical (unpaired) electrons. The predicted octanol–water partition coefficient (Wildman–Crippen LogP) is 1.57. The van der Waals surface area contributed by atoms with Gasteiger partial charge in [-0.1, -0.05) is 5.21 Å². The highest BCUT2D eigenvalue weighted by Gasteiger charge is 2.50. The lowest BCUT2D eigenvalue weighted by atomic mass is 9.88. The third-order valence-corrected chi connectivity index (χ3v) is 4.21. The van der Waals surface area contributed by atoms with Crippen molar-refractivity contribution < 1.29 is 0 Å². The molecule has 1 saturated heterocycles. The van der Waals surface area contributed by atoms with Crippen LogP contribution in [0.15, 0.2) is 4.60 Å². The van der Waals surface area contributed by atoms with Gasteiger partial charge in [0.25, 0.3) is 0 Å². The van der Waals surface area contributed by atoms with Gasteiger partial charge in [-0.05, 0) is 54.1 Å². The predicted molar refractivity (Wildman–Crippen MR) is 60.3 cm³/mol. The molecule has 1 aliphatic heterocycles. The first-order valence-corrected chi connectivity index (χ1v) is 6.34. The lowest BCUT2D eigenvalue weighted by molar-refractivity contribution is 0.311. The minimum absolute atomic E-state index is 0.150. The van der Waals surface area contributed by atoms with Gasteiger partial charge in [0, 0.05) is 7.05 Å². The summed E-state index contributed by atoms with van der Waals surface area (Å²) in [4.78, 5) is 0. The van der Waals surface area contributed by atoms with E-state index in [2.05, 4.69) is 31.6 Å². The van der Waals surface area contributed by atoms with Crippen molar-refractivity contribution in [1.29, 1.82) is 0 Å². The highest BCUT2D eigenvalue weighted by atomic mass is 79.9. The maximum absolute atomic E-state index is 4.11. The first kappa shape index (κ1) is 9.78. The summed E-state index contributed by atoms with van der Waals surface area (Å²) in [5.41, 5.74) is 1.39. The highest BCUT2D eigenvalue weighted by Crippen LogP contribution is 2.51. The van der Waals surface area contributed by atoms with Gasteiger partial charge < -0.3 is 5.32 Å². The van der Waals surface area contributed by atoms with Crippen molar-refractivity contribution in [3.05, 3.63) is 10.3 Å². The van der Waals surface area contributed by atoms with Crippen LogP contribution in [0.5, 0.6) is 0 Å². The van der Waals surface area contributed by atoms with Gasteiger partial charge in [-0.25, -0.2) is 4.68 Å². The van der Waals surface area contributed by atoms with Gasteiger partial charge in [0.05, 0.1) is 11.2 Å². The van der Waals surface area contributed by atoms with Crippen molar-refractivity contribution in [2.24, 2.45) is 13.0 Å². The lowest BCUT2D eigenvalue weighted by Crippen LogP contribution is -2.41. The lowest BCUT2D eigenvalue weighted by Gasteiger charge is -2.29. The SMILES string of the molecule is Cn1nnc(Br)c1C1(C2CC2)CCCN1. The normalized spacial score (nSPS) is 31.1. The Hall–Kier alpha value is -0.420. The number of nitrogens with zero attached hydrogens (tertiary/aromatic N) is 3. The summed E-state index contributed by atoms with van der Waals surface area (Å²) in [5, 5.41) is 11.9. The minimum Gasteiger partial charge on any atom is -0.306 e. The van der Waals surface area contributed by atoms with Crippen LogP contribution >= 0.6 is 15.9 Å². The Kier molecular flexibility index (Phi) is 2.14. The average Bonchev–Trinajstić information content (AvgIpc) is 2.88. The molecule has 2 heterocycles. The van der Waals surface area contributed by atoms with E-state index < -0.39 is 0 Å². The standard InChI is InChI=1S/C10H15BrN4/c1-15-8(9(11)13-14-15)10(7-3-4-7)5-2-6-12-10/h7,12H,2-6H2,1H3. The van der Waals surface area contributed by atoms with E-state index in [1.165, 1.54) is 31.4 Å². The second kappa shape index (κ2) is 3.28. The van der Waals surface area contributed by atoms with Gasteiger partial charge in [0.1, 0.15) is 0 Å². The number of aryl methyl sites for hydroxylation is 1. The number of halogens is 1. The topological polar surface area (TPSA) is 42.7 Å². The van der Waals surface area contributed by atoms with Crippen molar-refractivity contribution in [2.75, 3.05) is 6.54 Å². The van der Waals surface area contributed by atoms with Crippen LogP contribution in [0.4, 0.5) is 0 Å². The average molecular weight is 271 g/mol. The molecule has 1 aliphatic carbocycles. The number of rotatable bonds is 2. The van der Waals surface area contributed by atoms with Crippen LogP contribution in [-0.2, 0) is 12.6 Å². The van der Waals surface area contributed by atoms with Crippen molar-refractivity contribution in [3.63, 3.8) is 0 Å². The second-order valence-electron chi connectivity index (χ2n) is 4.63. The Balaban J connectivity index is 2.08. The molecule has 1 saturated carbocycles. The van der Waals surface area contributed by atoms with Crippen molar-refractivity contribution in [1.82, 2.24) is 20.3 Å². The molecule has 0 bridgehead atoms. The van der Waals surface area contributed by atoms with Crippen LogP contribution in [0.3, 0.4) is 0 Å². The fraction of sp³-hybridized carbons (Fsp3) is 0.800. The number of hydrogen-bond acceptors (Lipinski definition) is 3. The van der Waals surface area contributed by atoms with Gasteiger partial charge in [-0.2, -0.15) is 0 Å². The summed E-state index contributed by atoms with van der Waals surface area (Å²) in [6.07, 6.45) is 5.15. The summed E-state index contributed by atoms with van der Waals surface area (Å²) in [7, 11) is 1.98. The maximum atomic E-state index is 4.11. The van der Waals surface area contributed by atoms with E-state index in [4.69, 9.17) is 0 Å². The first-order valence-electron chi connectivity index (χ1n) is 5.55. The smallest absolute Gasteiger partial charge is 0.153 e. The molecular weight excluding hydrogens is 256 g/mol. The maximum Gasteiger partial charge on any atom is 0.153 e. The third kappa shape index (κ3) is 1.36. The molecule has 0 aromatic carbocycles. The summed E-state index contributed by atoms with van der Waals surface area (Å²) in [6.45, 7) is 1.12. The monoisotopic (exact) mass is 270 g/mol. The van der Waals surface area contributed by atoms with Crippen molar-refractivity contribution in [3.8, 4) is 0 Å². The fourth-order valence-electron chi connectivity index (χ4n) is 2.89. The van der Waals surface area contributed by atoms with Crippen LogP contribution in [0, 0.1) is 5.92 Å². The second-order valence-corrected chi connectivity index (χ2v) is 5.38. The van der Waals surface area contributed by atoms with E-state index in [-0.39, 0.29) is 5.54 Å². The Bertz CT molecular complexity index is 357. The van der Waals surface area contributed by atoms with E-state index >= 15 is 0 Å². The Morgan fingerprint density at radius 2 is 2.33 bits per heavy atom. The molecule has 1 aromatic rings. The third-order valence-electron chi connectivity index (χ3n) is 3.67. The van der Waals surface area contributed by atoms with E-state index in [0.717, 1.165) is 17.1 Å². The van der Waals surface area contributed by atoms with Crippen LogP contribution in [0.1, 0.15) is 31.4 Å². The molecule has 2 fully saturated rings. The van der Waals surface area contributed by atoms with Crippen LogP contribution in [0.2, 0.25) is 0 Å². The van der Waals surface area contributed by atoms with Crippen LogP contribution in [0.25, 0.3) is 0 Å². The molecule has 1 unspecified atom stereocenters. The van der Waals surface area contributed by atoms with Gasteiger partial charge in [0.15, 0.2) is 4.60 Å². The zero-order valence-electron chi connectivity index (χ0n) is 8.83. The molecule has 0 amide bonds. The minimum atomic E-state index is 0.150. The zero-order valence-corrected chi connectivity index (χ0v) is 10.4. The molecule has 3 rings (SSSR count). The van der Waals surface area contributed by atoms with E-state index in [9.17, 15) is 0 Å². The molecule has 2 aliphatic rings. The van der Waals surface area contributed by atoms with Crippen molar-refractivity contribution >= 4 is 15.9 Å². The Morgan fingerprint density at radius 3 is 2.80 bits per heavy atom. The van der Waals surface area contributed by atoms with Gasteiger partial charge in [0.2, 0.25) is 0 Å². The Labute approximate surface area is 97.6 Å². The summed E-state index contributed by atoms with van der Waals surface area (Å²) >= 11 is 3.52. The van der Waals surface area contributed by atoms with Gasteiger partial charge in [-0.15, -0.1) is 5.10 Å². The molecule has 1 N–H and O–H groups in total.